The number of hydrogen-bond acceptors (Lipinski definition) is 5. The van der Waals surface area contributed by atoms with Gasteiger partial charge in [-0.05, 0) is 38.0 Å². The average molecular weight is 405 g/mol. The largest absolute Gasteiger partial charge is 0.391 e. The van der Waals surface area contributed by atoms with E-state index in [-0.39, 0.29) is 24.8 Å². The van der Waals surface area contributed by atoms with E-state index in [4.69, 9.17) is 5.73 Å². The molecule has 0 bridgehead atoms. The second-order valence-corrected chi connectivity index (χ2v) is 9.41. The van der Waals surface area contributed by atoms with Gasteiger partial charge in [0.15, 0.2) is 8.03 Å². The molecular weight excluding hydrogens is 369 g/mol. The van der Waals surface area contributed by atoms with Crippen LogP contribution < -0.4 is 16.4 Å². The number of carbonyl (C=O) groups is 2. The predicted molar refractivity (Wildman–Crippen MR) is 106 cm³/mol. The van der Waals surface area contributed by atoms with Gasteiger partial charge < -0.3 is 26.4 Å². The molecule has 0 saturated heterocycles. The predicted octanol–water partition coefficient (Wildman–Crippen LogP) is 0.758. The fourth-order valence-corrected chi connectivity index (χ4v) is 4.77. The van der Waals surface area contributed by atoms with Gasteiger partial charge in [0.25, 0.3) is 0 Å². The van der Waals surface area contributed by atoms with Gasteiger partial charge >= 0.3 is 0 Å². The average Bonchev–Trinajstić information content (AvgIpc) is 2.61. The van der Waals surface area contributed by atoms with Gasteiger partial charge in [-0.3, -0.25) is 14.2 Å². The molecule has 1 saturated carbocycles. The first-order valence-corrected chi connectivity index (χ1v) is 11.3. The zero-order valence-electron chi connectivity index (χ0n) is 16.6. The molecule has 0 aliphatic heterocycles. The molecule has 2 amide bonds. The topological polar surface area (TPSA) is 142 Å². The van der Waals surface area contributed by atoms with Crippen molar-refractivity contribution in [1.29, 1.82) is 0 Å². The standard InChI is InChI=1S/C18H36N3O5P/c1-11(2)16(21-17(23)12(3)19)18(24)20-10-14(22)9-15(27(25)26)13-7-5-4-6-8-13/h11-16,22,27H,4-10,19H2,1-3H3,(H,20,24)(H,21,23)(H,25,26)/t12-,14+,15?,16-/m0/s1. The van der Waals surface area contributed by atoms with E-state index in [1.165, 1.54) is 6.92 Å². The number of carbonyl (C=O) groups excluding carboxylic acids is 2. The van der Waals surface area contributed by atoms with Crippen molar-refractivity contribution in [3.8, 4) is 0 Å². The van der Waals surface area contributed by atoms with Crippen LogP contribution in [0.1, 0.15) is 59.3 Å². The molecule has 0 aromatic heterocycles. The third-order valence-corrected chi connectivity index (χ3v) is 6.58. The van der Waals surface area contributed by atoms with E-state index in [9.17, 15) is 24.2 Å². The molecule has 0 aromatic carbocycles. The number of hydrogen-bond donors (Lipinski definition) is 5. The van der Waals surface area contributed by atoms with Crippen LogP contribution in [-0.2, 0) is 14.2 Å². The van der Waals surface area contributed by atoms with Crippen molar-refractivity contribution in [3.05, 3.63) is 0 Å². The molecule has 6 N–H and O–H groups in total. The van der Waals surface area contributed by atoms with Gasteiger partial charge in [0.1, 0.15) is 6.04 Å². The second-order valence-electron chi connectivity index (χ2n) is 8.00. The van der Waals surface area contributed by atoms with E-state index in [2.05, 4.69) is 10.6 Å². The van der Waals surface area contributed by atoms with Crippen LogP contribution in [0.5, 0.6) is 0 Å². The van der Waals surface area contributed by atoms with E-state index in [1.807, 2.05) is 0 Å². The van der Waals surface area contributed by atoms with Crippen LogP contribution in [0.4, 0.5) is 0 Å². The molecule has 0 spiro atoms. The molecule has 27 heavy (non-hydrogen) atoms. The Balaban J connectivity index is 2.56. The van der Waals surface area contributed by atoms with E-state index in [0.29, 0.717) is 0 Å². The Hall–Kier alpha value is -0.950. The third-order valence-electron chi connectivity index (χ3n) is 5.23. The molecule has 9 heteroatoms. The maximum absolute atomic E-state index is 12.4. The monoisotopic (exact) mass is 405 g/mol. The summed E-state index contributed by atoms with van der Waals surface area (Å²) in [5, 5.41) is 15.5. The summed E-state index contributed by atoms with van der Waals surface area (Å²) in [6, 6.07) is -1.47. The summed E-state index contributed by atoms with van der Waals surface area (Å²) in [6.07, 6.45) is 4.38. The summed E-state index contributed by atoms with van der Waals surface area (Å²) in [7, 11) is -2.75. The molecule has 1 fully saturated rings. The zero-order chi connectivity index (χ0) is 20.6. The zero-order valence-corrected chi connectivity index (χ0v) is 17.6. The summed E-state index contributed by atoms with van der Waals surface area (Å²) in [5.41, 5.74) is 5.11. The third kappa shape index (κ3) is 8.30. The van der Waals surface area contributed by atoms with Gasteiger partial charge in [0.2, 0.25) is 11.8 Å². The molecular formula is C18H36N3O5P. The van der Waals surface area contributed by atoms with Gasteiger partial charge in [0, 0.05) is 12.2 Å². The van der Waals surface area contributed by atoms with E-state index >= 15 is 0 Å². The van der Waals surface area contributed by atoms with Crippen molar-refractivity contribution in [1.82, 2.24) is 10.6 Å². The Morgan fingerprint density at radius 3 is 2.22 bits per heavy atom. The smallest absolute Gasteiger partial charge is 0.242 e. The number of amides is 2. The SMILES string of the molecule is CC(C)[C@H](NC(=O)[C@H](C)N)C(=O)NC[C@H](O)CC(C1CCCCC1)[PH](=O)O. The Bertz CT molecular complexity index is 509. The van der Waals surface area contributed by atoms with Crippen molar-refractivity contribution in [3.63, 3.8) is 0 Å². The van der Waals surface area contributed by atoms with Gasteiger partial charge in [-0.25, -0.2) is 0 Å². The van der Waals surface area contributed by atoms with Crippen LogP contribution in [0.15, 0.2) is 0 Å². The molecule has 1 rings (SSSR count). The maximum atomic E-state index is 12.4. The Morgan fingerprint density at radius 1 is 1.15 bits per heavy atom. The molecule has 1 aliphatic carbocycles. The summed E-state index contributed by atoms with van der Waals surface area (Å²) in [5.74, 6) is -0.799. The number of nitrogens with one attached hydrogen (secondary N) is 2. The molecule has 0 heterocycles. The maximum Gasteiger partial charge on any atom is 0.242 e. The molecule has 0 radical (unpaired) electrons. The normalized spacial score (nSPS) is 21.1. The molecule has 1 aliphatic rings. The minimum absolute atomic E-state index is 0.0194. The van der Waals surface area contributed by atoms with E-state index in [1.54, 1.807) is 13.8 Å². The van der Waals surface area contributed by atoms with E-state index in [0.717, 1.165) is 32.1 Å². The lowest BCUT2D eigenvalue weighted by atomic mass is 9.85. The summed E-state index contributed by atoms with van der Waals surface area (Å²) < 4.78 is 11.8. The Labute approximate surface area is 162 Å². The Morgan fingerprint density at radius 2 is 1.74 bits per heavy atom. The number of aliphatic hydroxyl groups excluding tert-OH is 1. The fourth-order valence-electron chi connectivity index (χ4n) is 3.56. The van der Waals surface area contributed by atoms with Crippen LogP contribution in [0, 0.1) is 11.8 Å². The fraction of sp³-hybridized carbons (Fsp3) is 0.889. The molecule has 0 aromatic rings. The van der Waals surface area contributed by atoms with E-state index < -0.39 is 43.7 Å². The van der Waals surface area contributed by atoms with Crippen molar-refractivity contribution >= 4 is 19.8 Å². The number of aliphatic hydroxyl groups is 1. The highest BCUT2D eigenvalue weighted by Gasteiger charge is 2.30. The van der Waals surface area contributed by atoms with Crippen LogP contribution in [0.25, 0.3) is 0 Å². The van der Waals surface area contributed by atoms with Crippen LogP contribution in [-0.4, -0.2) is 52.2 Å². The number of nitrogens with two attached hydrogens (primary N) is 1. The van der Waals surface area contributed by atoms with Crippen LogP contribution in [0.3, 0.4) is 0 Å². The van der Waals surface area contributed by atoms with Crippen molar-refractivity contribution in [2.24, 2.45) is 17.6 Å². The highest BCUT2D eigenvalue weighted by atomic mass is 31.1. The minimum Gasteiger partial charge on any atom is -0.391 e. The summed E-state index contributed by atoms with van der Waals surface area (Å²) >= 11 is 0. The first kappa shape index (κ1) is 24.1. The minimum atomic E-state index is -2.75. The second kappa shape index (κ2) is 11.8. The van der Waals surface area contributed by atoms with Crippen molar-refractivity contribution in [2.75, 3.05) is 6.54 Å². The van der Waals surface area contributed by atoms with Gasteiger partial charge in [-0.1, -0.05) is 33.1 Å². The van der Waals surface area contributed by atoms with Gasteiger partial charge in [-0.2, -0.15) is 0 Å². The lowest BCUT2D eigenvalue weighted by Crippen LogP contribution is -2.54. The number of rotatable bonds is 10. The first-order chi connectivity index (χ1) is 12.6. The first-order valence-electron chi connectivity index (χ1n) is 9.88. The Kier molecular flexibility index (Phi) is 10.5. The molecule has 158 valence electrons. The quantitative estimate of drug-likeness (QED) is 0.340. The van der Waals surface area contributed by atoms with Crippen molar-refractivity contribution < 1.29 is 24.2 Å². The van der Waals surface area contributed by atoms with Crippen molar-refractivity contribution in [2.45, 2.75) is 83.1 Å². The molecule has 5 atom stereocenters. The lowest BCUT2D eigenvalue weighted by Gasteiger charge is -2.30. The molecule has 2 unspecified atom stereocenters. The highest BCUT2D eigenvalue weighted by Crippen LogP contribution is 2.40. The van der Waals surface area contributed by atoms with Gasteiger partial charge in [-0.15, -0.1) is 0 Å². The summed E-state index contributed by atoms with van der Waals surface area (Å²) in [4.78, 5) is 33.8. The summed E-state index contributed by atoms with van der Waals surface area (Å²) in [6.45, 7) is 5.13. The molecule has 8 nitrogen and oxygen atoms in total. The highest BCUT2D eigenvalue weighted by molar-refractivity contribution is 7.38. The van der Waals surface area contributed by atoms with Crippen LogP contribution >= 0.6 is 8.03 Å². The van der Waals surface area contributed by atoms with Gasteiger partial charge in [0.05, 0.1) is 12.1 Å². The lowest BCUT2D eigenvalue weighted by molar-refractivity contribution is -0.130. The van der Waals surface area contributed by atoms with Crippen LogP contribution in [0.2, 0.25) is 0 Å².